The molecular weight excluding hydrogens is 336 g/mol. The van der Waals surface area contributed by atoms with Crippen molar-refractivity contribution in [1.82, 2.24) is 9.47 Å². The van der Waals surface area contributed by atoms with E-state index in [1.807, 2.05) is 23.9 Å². The second-order valence-electron chi connectivity index (χ2n) is 5.23. The number of aromatic nitrogens is 1. The predicted molar refractivity (Wildman–Crippen MR) is 87.4 cm³/mol. The molecule has 0 aliphatic heterocycles. The van der Waals surface area contributed by atoms with Crippen molar-refractivity contribution < 1.29 is 4.79 Å². The lowest BCUT2D eigenvalue weighted by molar-refractivity contribution is 0.0774. The van der Waals surface area contributed by atoms with Gasteiger partial charge < -0.3 is 9.47 Å². The largest absolute Gasteiger partial charge is 0.340 e. The van der Waals surface area contributed by atoms with Crippen LogP contribution < -0.4 is 0 Å². The maximum absolute atomic E-state index is 12.6. The number of aryl methyl sites for hydroxylation is 1. The van der Waals surface area contributed by atoms with Crippen LogP contribution in [0.25, 0.3) is 0 Å². The molecule has 108 valence electrons. The molecule has 0 aliphatic rings. The number of nitrogens with zero attached hydrogens (tertiary/aromatic N) is 2. The van der Waals surface area contributed by atoms with Crippen molar-refractivity contribution in [3.05, 3.63) is 44.3 Å². The topological polar surface area (TPSA) is 25.2 Å². The average molecular weight is 355 g/mol. The first kappa shape index (κ1) is 15.3. The van der Waals surface area contributed by atoms with Gasteiger partial charge in [0.1, 0.15) is 5.69 Å². The molecule has 3 nitrogen and oxygen atoms in total. The lowest BCUT2D eigenvalue weighted by Crippen LogP contribution is -2.28. The van der Waals surface area contributed by atoms with Gasteiger partial charge in [-0.25, -0.2) is 0 Å². The summed E-state index contributed by atoms with van der Waals surface area (Å²) in [4.78, 5) is 15.6. The number of rotatable bonds is 4. The summed E-state index contributed by atoms with van der Waals surface area (Å²) in [5.74, 6) is 0.0530. The normalized spacial score (nSPS) is 11.1. The van der Waals surface area contributed by atoms with E-state index in [1.165, 1.54) is 10.4 Å². The number of thiophene rings is 1. The van der Waals surface area contributed by atoms with Crippen molar-refractivity contribution in [2.45, 2.75) is 33.4 Å². The summed E-state index contributed by atoms with van der Waals surface area (Å²) < 4.78 is 2.94. The first-order chi connectivity index (χ1) is 9.40. The van der Waals surface area contributed by atoms with Gasteiger partial charge in [-0.2, -0.15) is 0 Å². The van der Waals surface area contributed by atoms with Crippen LogP contribution in [0, 0.1) is 6.92 Å². The maximum atomic E-state index is 12.6. The minimum atomic E-state index is 0.0530. The van der Waals surface area contributed by atoms with Crippen molar-refractivity contribution in [1.29, 1.82) is 0 Å². The molecule has 0 aliphatic carbocycles. The molecule has 0 spiro atoms. The smallest absolute Gasteiger partial charge is 0.270 e. The summed E-state index contributed by atoms with van der Waals surface area (Å²) in [6.45, 7) is 6.89. The van der Waals surface area contributed by atoms with E-state index >= 15 is 0 Å². The average Bonchev–Trinajstić information content (AvgIpc) is 2.95. The Morgan fingerprint density at radius 3 is 2.75 bits per heavy atom. The Bertz CT molecular complexity index is 615. The number of carbonyl (C=O) groups excluding carboxylic acids is 1. The molecule has 0 bridgehead atoms. The van der Waals surface area contributed by atoms with E-state index in [0.717, 1.165) is 10.2 Å². The summed E-state index contributed by atoms with van der Waals surface area (Å²) >= 11 is 5.15. The van der Waals surface area contributed by atoms with Crippen molar-refractivity contribution in [2.24, 2.45) is 0 Å². The Morgan fingerprint density at radius 1 is 1.50 bits per heavy atom. The van der Waals surface area contributed by atoms with E-state index in [4.69, 9.17) is 0 Å². The van der Waals surface area contributed by atoms with Crippen LogP contribution in [0.1, 0.15) is 40.8 Å². The molecule has 2 aromatic rings. The quantitative estimate of drug-likeness (QED) is 0.794. The fraction of sp³-hybridized carbons (Fsp3) is 0.400. The van der Waals surface area contributed by atoms with Crippen LogP contribution in [0.3, 0.4) is 0 Å². The van der Waals surface area contributed by atoms with Gasteiger partial charge >= 0.3 is 0 Å². The van der Waals surface area contributed by atoms with E-state index < -0.39 is 0 Å². The van der Waals surface area contributed by atoms with Crippen molar-refractivity contribution >= 4 is 33.2 Å². The third-order valence-corrected chi connectivity index (χ3v) is 4.73. The summed E-state index contributed by atoms with van der Waals surface area (Å²) in [7, 11) is 1.85. The highest BCUT2D eigenvalue weighted by molar-refractivity contribution is 9.10. The standard InChI is InChI=1S/C15H19BrN2OS/c1-10(2)18-8-12(16)7-13(18)15(19)17(4)9-14-11(3)5-6-20-14/h5-8,10H,9H2,1-4H3. The number of amides is 1. The van der Waals surface area contributed by atoms with Crippen LogP contribution in [0.2, 0.25) is 0 Å². The van der Waals surface area contributed by atoms with Crippen LogP contribution in [0.15, 0.2) is 28.2 Å². The zero-order valence-electron chi connectivity index (χ0n) is 12.2. The number of halogens is 1. The van der Waals surface area contributed by atoms with Crippen molar-refractivity contribution in [3.63, 3.8) is 0 Å². The molecule has 0 aromatic carbocycles. The van der Waals surface area contributed by atoms with E-state index in [0.29, 0.717) is 6.54 Å². The van der Waals surface area contributed by atoms with Crippen LogP contribution in [0.5, 0.6) is 0 Å². The Balaban J connectivity index is 2.21. The highest BCUT2D eigenvalue weighted by Gasteiger charge is 2.19. The minimum absolute atomic E-state index is 0.0530. The Labute approximate surface area is 132 Å². The van der Waals surface area contributed by atoms with E-state index in [9.17, 15) is 4.79 Å². The Morgan fingerprint density at radius 2 is 2.20 bits per heavy atom. The number of carbonyl (C=O) groups is 1. The maximum Gasteiger partial charge on any atom is 0.270 e. The Hall–Kier alpha value is -1.07. The third kappa shape index (κ3) is 3.15. The first-order valence-corrected chi connectivity index (χ1v) is 8.23. The van der Waals surface area contributed by atoms with Gasteiger partial charge in [-0.05, 0) is 59.8 Å². The summed E-state index contributed by atoms with van der Waals surface area (Å²) in [6, 6.07) is 4.24. The molecule has 20 heavy (non-hydrogen) atoms. The lowest BCUT2D eigenvalue weighted by atomic mass is 10.2. The fourth-order valence-electron chi connectivity index (χ4n) is 2.09. The van der Waals surface area contributed by atoms with Crippen LogP contribution >= 0.6 is 27.3 Å². The molecule has 0 saturated carbocycles. The summed E-state index contributed by atoms with van der Waals surface area (Å²) in [5, 5.41) is 2.07. The van der Waals surface area contributed by atoms with Gasteiger partial charge in [-0.3, -0.25) is 4.79 Å². The summed E-state index contributed by atoms with van der Waals surface area (Å²) in [5.41, 5.74) is 1.97. The number of hydrogen-bond acceptors (Lipinski definition) is 2. The molecule has 0 fully saturated rings. The monoisotopic (exact) mass is 354 g/mol. The van der Waals surface area contributed by atoms with E-state index in [-0.39, 0.29) is 11.9 Å². The highest BCUT2D eigenvalue weighted by atomic mass is 79.9. The molecule has 0 N–H and O–H groups in total. The second kappa shape index (κ2) is 6.14. The highest BCUT2D eigenvalue weighted by Crippen LogP contribution is 2.22. The van der Waals surface area contributed by atoms with Crippen molar-refractivity contribution in [3.8, 4) is 0 Å². The van der Waals surface area contributed by atoms with Crippen LogP contribution in [0.4, 0.5) is 0 Å². The molecule has 2 rings (SSSR count). The molecule has 5 heteroatoms. The molecule has 0 saturated heterocycles. The molecular formula is C15H19BrN2OS. The van der Waals surface area contributed by atoms with Gasteiger partial charge in [-0.15, -0.1) is 11.3 Å². The van der Waals surface area contributed by atoms with Crippen molar-refractivity contribution in [2.75, 3.05) is 7.05 Å². The zero-order chi connectivity index (χ0) is 14.9. The van der Waals surface area contributed by atoms with E-state index in [2.05, 4.69) is 48.1 Å². The second-order valence-corrected chi connectivity index (χ2v) is 7.15. The Kier molecular flexibility index (Phi) is 4.70. The fourth-order valence-corrected chi connectivity index (χ4v) is 3.49. The van der Waals surface area contributed by atoms with Gasteiger partial charge in [0.05, 0.1) is 6.54 Å². The minimum Gasteiger partial charge on any atom is -0.340 e. The molecule has 1 amide bonds. The zero-order valence-corrected chi connectivity index (χ0v) is 14.6. The molecule has 0 unspecified atom stereocenters. The van der Waals surface area contributed by atoms with Gasteiger partial charge in [0.15, 0.2) is 0 Å². The summed E-state index contributed by atoms with van der Waals surface area (Å²) in [6.07, 6.45) is 1.96. The van der Waals surface area contributed by atoms with Gasteiger partial charge in [0.2, 0.25) is 0 Å². The lowest BCUT2D eigenvalue weighted by Gasteiger charge is -2.19. The molecule has 2 aromatic heterocycles. The first-order valence-electron chi connectivity index (χ1n) is 6.56. The van der Waals surface area contributed by atoms with E-state index in [1.54, 1.807) is 16.2 Å². The van der Waals surface area contributed by atoms with Gasteiger partial charge in [0.25, 0.3) is 5.91 Å². The number of hydrogen-bond donors (Lipinski definition) is 0. The van der Waals surface area contributed by atoms with Gasteiger partial charge in [0, 0.05) is 28.6 Å². The molecule has 0 atom stereocenters. The van der Waals surface area contributed by atoms with Crippen LogP contribution in [-0.2, 0) is 6.54 Å². The molecule has 0 radical (unpaired) electrons. The predicted octanol–water partition coefficient (Wildman–Crippen LogP) is 4.47. The SMILES string of the molecule is Cc1ccsc1CN(C)C(=O)c1cc(Br)cn1C(C)C. The van der Waals surface area contributed by atoms with Crippen LogP contribution in [-0.4, -0.2) is 22.4 Å². The molecule has 2 heterocycles. The van der Waals surface area contributed by atoms with Gasteiger partial charge in [-0.1, -0.05) is 0 Å². The third-order valence-electron chi connectivity index (χ3n) is 3.29.